The Morgan fingerprint density at radius 1 is 1.06 bits per heavy atom. The Hall–Kier alpha value is -3.96. The number of aromatic amines is 1. The molecule has 0 saturated carbocycles. The van der Waals surface area contributed by atoms with Gasteiger partial charge in [0, 0.05) is 47.6 Å². The molecule has 12 nitrogen and oxygen atoms in total. The van der Waals surface area contributed by atoms with E-state index < -0.39 is 42.7 Å². The van der Waals surface area contributed by atoms with Gasteiger partial charge in [-0.05, 0) is 60.9 Å². The Bertz CT molecular complexity index is 1890. The minimum atomic E-state index is -5.78. The summed E-state index contributed by atoms with van der Waals surface area (Å²) in [5.74, 6) is -2.13. The molecule has 2 aromatic heterocycles. The van der Waals surface area contributed by atoms with E-state index in [1.807, 2.05) is 0 Å². The number of halogens is 2. The molecule has 6 rings (SSSR count). The van der Waals surface area contributed by atoms with Crippen LogP contribution >= 0.6 is 18.9 Å². The number of amides is 3. The second kappa shape index (κ2) is 12.6. The summed E-state index contributed by atoms with van der Waals surface area (Å²) in [5, 5.41) is 12.8. The van der Waals surface area contributed by atoms with Crippen LogP contribution in [0.1, 0.15) is 65.2 Å². The van der Waals surface area contributed by atoms with Crippen molar-refractivity contribution in [1.29, 1.82) is 5.26 Å². The molecule has 3 aliphatic rings. The first-order chi connectivity index (χ1) is 22.3. The van der Waals surface area contributed by atoms with Crippen LogP contribution in [0.15, 0.2) is 47.4 Å². The number of nitrogens with zero attached hydrogens (tertiary/aromatic N) is 3. The number of hydrogen-bond acceptors (Lipinski definition) is 7. The zero-order valence-corrected chi connectivity index (χ0v) is 26.7. The van der Waals surface area contributed by atoms with E-state index in [0.29, 0.717) is 42.4 Å². The maximum Gasteiger partial charge on any atom is 0.399 e. The first-order valence-electron chi connectivity index (χ1n) is 15.3. The fraction of sp³-hybridized carbons (Fsp3) is 0.452. The quantitative estimate of drug-likeness (QED) is 0.283. The average Bonchev–Trinajstić information content (AvgIpc) is 3.76. The van der Waals surface area contributed by atoms with Gasteiger partial charge in [0.05, 0.1) is 16.9 Å². The highest BCUT2D eigenvalue weighted by atomic mass is 32.1. The van der Waals surface area contributed by atoms with Crippen molar-refractivity contribution in [2.45, 2.75) is 68.2 Å². The van der Waals surface area contributed by atoms with Crippen molar-refractivity contribution < 1.29 is 37.5 Å². The van der Waals surface area contributed by atoms with Crippen molar-refractivity contribution in [3.05, 3.63) is 69.0 Å². The van der Waals surface area contributed by atoms with Gasteiger partial charge in [0.15, 0.2) is 0 Å². The monoisotopic (exact) mass is 687 g/mol. The van der Waals surface area contributed by atoms with Gasteiger partial charge in [-0.2, -0.15) is 14.0 Å². The van der Waals surface area contributed by atoms with E-state index in [1.165, 1.54) is 24.4 Å². The van der Waals surface area contributed by atoms with E-state index in [9.17, 15) is 37.8 Å². The van der Waals surface area contributed by atoms with Crippen molar-refractivity contribution in [1.82, 2.24) is 20.1 Å². The number of aromatic nitrogens is 1. The first-order valence-corrected chi connectivity index (χ1v) is 17.7. The fourth-order valence-electron chi connectivity index (χ4n) is 7.00. The van der Waals surface area contributed by atoms with Crippen molar-refractivity contribution in [2.24, 2.45) is 5.92 Å². The zero-order valence-electron chi connectivity index (χ0n) is 25.0. The summed E-state index contributed by atoms with van der Waals surface area (Å²) in [6, 6.07) is 7.95. The molecule has 47 heavy (non-hydrogen) atoms. The number of likely N-dealkylation sites (tertiary alicyclic amines) is 1. The molecule has 4 N–H and O–H groups in total. The van der Waals surface area contributed by atoms with E-state index in [2.05, 4.69) is 16.4 Å². The minimum absolute atomic E-state index is 0.127. The molecule has 0 radical (unpaired) electrons. The van der Waals surface area contributed by atoms with E-state index in [4.69, 9.17) is 9.79 Å². The van der Waals surface area contributed by atoms with Crippen molar-refractivity contribution in [3.63, 3.8) is 0 Å². The molecule has 3 amide bonds. The third kappa shape index (κ3) is 6.23. The normalized spacial score (nSPS) is 25.3. The van der Waals surface area contributed by atoms with Gasteiger partial charge in [0.2, 0.25) is 17.4 Å². The maximum atomic E-state index is 14.3. The van der Waals surface area contributed by atoms with E-state index in [0.717, 1.165) is 29.9 Å². The Kier molecular flexibility index (Phi) is 8.82. The number of rotatable bonds is 6. The average molecular weight is 688 g/mol. The Balaban J connectivity index is 1.19. The number of carbonyl (C=O) groups is 3. The molecule has 1 aromatic carbocycles. The number of benzene rings is 1. The van der Waals surface area contributed by atoms with Crippen molar-refractivity contribution in [2.75, 3.05) is 13.1 Å². The summed E-state index contributed by atoms with van der Waals surface area (Å²) in [5.41, 5.74) is -4.91. The standard InChI is InChI=1S/C31H32F2N5O7PS/c32-31(33,46(43,44)45)20-5-8-25-18(11-20)12-26(47-25)28(40)36-23-4-2-1-3-21-6-7-24(38(21)29(23)41)30(42)37-15-19(14-34)22(16-37)17-9-10-35-27(39)13-17/h5,8-13,19,21-24H,1-4,6-7,15-16H2,(H,35,39)(H,36,40)(H2,43,44,45)/t19-,21-,22?,23-,24-/m0/s1. The van der Waals surface area contributed by atoms with Gasteiger partial charge in [-0.15, -0.1) is 11.3 Å². The summed E-state index contributed by atoms with van der Waals surface area (Å²) in [7, 11) is -5.78. The highest BCUT2D eigenvalue weighted by Gasteiger charge is 2.51. The van der Waals surface area contributed by atoms with Crippen LogP contribution in [0.4, 0.5) is 8.78 Å². The second-order valence-corrected chi connectivity index (χ2v) is 15.1. The Morgan fingerprint density at radius 3 is 2.55 bits per heavy atom. The third-order valence-corrected chi connectivity index (χ3v) is 11.5. The summed E-state index contributed by atoms with van der Waals surface area (Å²) in [6.07, 6.45) is 5.07. The molecular formula is C31H32F2N5O7PS. The fourth-order valence-corrected chi connectivity index (χ4v) is 8.42. The number of nitriles is 1. The summed E-state index contributed by atoms with van der Waals surface area (Å²) < 4.78 is 40.4. The molecule has 0 spiro atoms. The van der Waals surface area contributed by atoms with Crippen LogP contribution in [0.25, 0.3) is 10.1 Å². The van der Waals surface area contributed by atoms with Crippen molar-refractivity contribution in [3.8, 4) is 6.07 Å². The molecule has 3 aromatic rings. The van der Waals surface area contributed by atoms with Crippen LogP contribution in [-0.2, 0) is 19.8 Å². The molecule has 248 valence electrons. The number of nitrogens with one attached hydrogen (secondary N) is 2. The first kappa shape index (κ1) is 33.0. The van der Waals surface area contributed by atoms with E-state index >= 15 is 0 Å². The van der Waals surface area contributed by atoms with Gasteiger partial charge in [0.1, 0.15) is 12.1 Å². The predicted octanol–water partition coefficient (Wildman–Crippen LogP) is 3.61. The number of thiophene rings is 1. The number of H-pyrrole nitrogens is 1. The number of carbonyl (C=O) groups excluding carboxylic acids is 3. The highest BCUT2D eigenvalue weighted by molar-refractivity contribution is 7.52. The molecule has 3 saturated heterocycles. The lowest BCUT2D eigenvalue weighted by Gasteiger charge is -2.36. The summed E-state index contributed by atoms with van der Waals surface area (Å²) >= 11 is 0.990. The lowest BCUT2D eigenvalue weighted by Crippen LogP contribution is -2.56. The molecule has 3 aliphatic heterocycles. The van der Waals surface area contributed by atoms with Crippen LogP contribution in [0.2, 0.25) is 0 Å². The maximum absolute atomic E-state index is 14.3. The van der Waals surface area contributed by atoms with Crippen LogP contribution in [0.3, 0.4) is 0 Å². The number of pyridine rings is 1. The summed E-state index contributed by atoms with van der Waals surface area (Å²) in [6.45, 7) is 0.404. The minimum Gasteiger partial charge on any atom is -0.340 e. The SMILES string of the molecule is N#C[C@H]1CN(C(=O)[C@@H]2CC[C@@H]3CCCC[C@H](NC(=O)c4cc5cc(C(F)(F)P(=O)(O)O)ccc5s4)C(=O)N32)CC1c1cc[nH]c(=O)c1. The lowest BCUT2D eigenvalue weighted by molar-refractivity contribution is -0.146. The Morgan fingerprint density at radius 2 is 1.83 bits per heavy atom. The van der Waals surface area contributed by atoms with Crippen LogP contribution < -0.4 is 10.9 Å². The van der Waals surface area contributed by atoms with Gasteiger partial charge in [-0.25, -0.2) is 0 Å². The molecule has 5 atom stereocenters. The molecule has 16 heteroatoms. The van der Waals surface area contributed by atoms with E-state index in [1.54, 1.807) is 15.9 Å². The van der Waals surface area contributed by atoms with E-state index in [-0.39, 0.29) is 52.7 Å². The number of alkyl halides is 2. The Labute approximate surface area is 271 Å². The predicted molar refractivity (Wildman–Crippen MR) is 167 cm³/mol. The second-order valence-electron chi connectivity index (χ2n) is 12.3. The number of fused-ring (bicyclic) bond motifs is 2. The van der Waals surface area contributed by atoms with Crippen LogP contribution in [0, 0.1) is 17.2 Å². The van der Waals surface area contributed by atoms with Gasteiger partial charge < -0.3 is 29.9 Å². The van der Waals surface area contributed by atoms with Crippen molar-refractivity contribution >= 4 is 46.7 Å². The van der Waals surface area contributed by atoms with Gasteiger partial charge in [0.25, 0.3) is 5.91 Å². The molecule has 3 fully saturated rings. The molecule has 1 unspecified atom stereocenters. The third-order valence-electron chi connectivity index (χ3n) is 9.40. The molecule has 5 heterocycles. The molecule has 0 aliphatic carbocycles. The molecular weight excluding hydrogens is 655 g/mol. The zero-order chi connectivity index (χ0) is 33.7. The van der Waals surface area contributed by atoms with Gasteiger partial charge in [-0.1, -0.05) is 18.9 Å². The van der Waals surface area contributed by atoms with Crippen LogP contribution in [0.5, 0.6) is 0 Å². The largest absolute Gasteiger partial charge is 0.399 e. The molecule has 0 bridgehead atoms. The lowest BCUT2D eigenvalue weighted by atomic mass is 9.91. The topological polar surface area (TPSA) is 184 Å². The van der Waals surface area contributed by atoms with Gasteiger partial charge in [-0.3, -0.25) is 23.7 Å². The van der Waals surface area contributed by atoms with Crippen LogP contribution in [-0.4, -0.2) is 73.5 Å². The smallest absolute Gasteiger partial charge is 0.340 e. The number of hydrogen-bond donors (Lipinski definition) is 4. The highest BCUT2D eigenvalue weighted by Crippen LogP contribution is 2.59. The summed E-state index contributed by atoms with van der Waals surface area (Å²) in [4.78, 5) is 77.3. The van der Waals surface area contributed by atoms with Gasteiger partial charge >= 0.3 is 13.3 Å².